The number of anilines is 1. The SMILES string of the molecule is CC[C@H](C(=O)NC(C)C)N(Cc1ccc(Cl)cc1)C(=O)CN(c1ccc(Cl)cc1Cl)S(C)(=O)=O. The summed E-state index contributed by atoms with van der Waals surface area (Å²) in [5, 5.41) is 3.78. The van der Waals surface area contributed by atoms with Gasteiger partial charge < -0.3 is 10.2 Å². The fraction of sp³-hybridized carbons (Fsp3) is 0.391. The third-order valence-electron chi connectivity index (χ3n) is 4.94. The van der Waals surface area contributed by atoms with Gasteiger partial charge in [0.1, 0.15) is 12.6 Å². The molecule has 0 saturated heterocycles. The zero-order chi connectivity index (χ0) is 25.6. The quantitative estimate of drug-likeness (QED) is 0.464. The number of sulfonamides is 1. The van der Waals surface area contributed by atoms with Gasteiger partial charge in [0.05, 0.1) is 17.0 Å². The molecule has 2 aromatic rings. The van der Waals surface area contributed by atoms with Crippen LogP contribution in [0.25, 0.3) is 0 Å². The van der Waals surface area contributed by atoms with Crippen molar-refractivity contribution in [1.82, 2.24) is 10.2 Å². The molecule has 34 heavy (non-hydrogen) atoms. The van der Waals surface area contributed by atoms with E-state index in [1.54, 1.807) is 31.2 Å². The predicted octanol–water partition coefficient (Wildman–Crippen LogP) is 4.74. The average Bonchev–Trinajstić information content (AvgIpc) is 2.72. The van der Waals surface area contributed by atoms with Gasteiger partial charge in [-0.1, -0.05) is 53.9 Å². The summed E-state index contributed by atoms with van der Waals surface area (Å²) in [5.41, 5.74) is 0.858. The van der Waals surface area contributed by atoms with Gasteiger partial charge in [-0.2, -0.15) is 0 Å². The van der Waals surface area contributed by atoms with Crippen LogP contribution in [0.5, 0.6) is 0 Å². The molecule has 1 N–H and O–H groups in total. The van der Waals surface area contributed by atoms with Crippen molar-refractivity contribution in [3.8, 4) is 0 Å². The Kier molecular flexibility index (Phi) is 10.1. The summed E-state index contributed by atoms with van der Waals surface area (Å²) < 4.78 is 26.1. The molecule has 0 aliphatic rings. The summed E-state index contributed by atoms with van der Waals surface area (Å²) in [4.78, 5) is 27.9. The summed E-state index contributed by atoms with van der Waals surface area (Å²) in [7, 11) is -3.89. The van der Waals surface area contributed by atoms with Crippen LogP contribution < -0.4 is 9.62 Å². The van der Waals surface area contributed by atoms with Crippen molar-refractivity contribution in [3.63, 3.8) is 0 Å². The van der Waals surface area contributed by atoms with Crippen molar-refractivity contribution in [2.75, 3.05) is 17.1 Å². The number of halogens is 3. The number of amides is 2. The molecule has 0 saturated carbocycles. The standard InChI is InChI=1S/C23H28Cl3N3O4S/c1-5-20(23(31)27-15(2)3)28(13-16-6-8-17(24)9-7-16)22(30)14-29(34(4,32)33)21-11-10-18(25)12-19(21)26/h6-12,15,20H,5,13-14H2,1-4H3,(H,27,31)/t20-/m1/s1. The molecule has 0 aliphatic heterocycles. The molecule has 2 amide bonds. The third kappa shape index (κ3) is 7.77. The van der Waals surface area contributed by atoms with Gasteiger partial charge in [0, 0.05) is 22.6 Å². The fourth-order valence-corrected chi connectivity index (χ4v) is 4.91. The molecule has 0 unspecified atom stereocenters. The van der Waals surface area contributed by atoms with Crippen LogP contribution in [0.3, 0.4) is 0 Å². The Morgan fingerprint density at radius 2 is 1.59 bits per heavy atom. The van der Waals surface area contributed by atoms with Crippen LogP contribution in [0.2, 0.25) is 15.1 Å². The Balaban J connectivity index is 2.46. The number of hydrogen-bond donors (Lipinski definition) is 1. The molecule has 11 heteroatoms. The maximum absolute atomic E-state index is 13.6. The molecule has 0 fully saturated rings. The Hall–Kier alpha value is -2.00. The van der Waals surface area contributed by atoms with E-state index in [9.17, 15) is 18.0 Å². The monoisotopic (exact) mass is 547 g/mol. The lowest BCUT2D eigenvalue weighted by molar-refractivity contribution is -0.140. The van der Waals surface area contributed by atoms with E-state index in [-0.39, 0.29) is 29.2 Å². The molecule has 0 aromatic heterocycles. The lowest BCUT2D eigenvalue weighted by atomic mass is 10.1. The number of rotatable bonds is 10. The highest BCUT2D eigenvalue weighted by Gasteiger charge is 2.32. The van der Waals surface area contributed by atoms with Gasteiger partial charge in [-0.15, -0.1) is 0 Å². The smallest absolute Gasteiger partial charge is 0.244 e. The van der Waals surface area contributed by atoms with Crippen LogP contribution in [0, 0.1) is 0 Å². The summed E-state index contributed by atoms with van der Waals surface area (Å²) in [6.45, 7) is 4.98. The first-order chi connectivity index (χ1) is 15.8. The topological polar surface area (TPSA) is 86.8 Å². The van der Waals surface area contributed by atoms with Gasteiger partial charge in [0.15, 0.2) is 0 Å². The first-order valence-corrected chi connectivity index (χ1v) is 13.6. The van der Waals surface area contributed by atoms with Crippen molar-refractivity contribution in [2.45, 2.75) is 45.8 Å². The molecular formula is C23H28Cl3N3O4S. The van der Waals surface area contributed by atoms with E-state index < -0.39 is 28.5 Å². The van der Waals surface area contributed by atoms with Crippen LogP contribution in [-0.4, -0.2) is 50.0 Å². The van der Waals surface area contributed by atoms with Crippen molar-refractivity contribution >= 4 is 62.3 Å². The average molecular weight is 549 g/mol. The number of hydrogen-bond acceptors (Lipinski definition) is 4. The third-order valence-corrected chi connectivity index (χ3v) is 6.86. The number of nitrogens with one attached hydrogen (secondary N) is 1. The van der Waals surface area contributed by atoms with Crippen LogP contribution in [0.1, 0.15) is 32.8 Å². The first kappa shape index (κ1) is 28.2. The number of nitrogens with zero attached hydrogens (tertiary/aromatic N) is 2. The maximum Gasteiger partial charge on any atom is 0.244 e. The number of benzene rings is 2. The molecular weight excluding hydrogens is 521 g/mol. The number of carbonyl (C=O) groups excluding carboxylic acids is 2. The predicted molar refractivity (Wildman–Crippen MR) is 138 cm³/mol. The Morgan fingerprint density at radius 1 is 1.00 bits per heavy atom. The molecule has 0 spiro atoms. The lowest BCUT2D eigenvalue weighted by Crippen LogP contribution is -2.53. The normalized spacial score (nSPS) is 12.4. The van der Waals surface area contributed by atoms with Gasteiger partial charge in [-0.3, -0.25) is 13.9 Å². The van der Waals surface area contributed by atoms with Crippen molar-refractivity contribution < 1.29 is 18.0 Å². The lowest BCUT2D eigenvalue weighted by Gasteiger charge is -2.33. The molecule has 7 nitrogen and oxygen atoms in total. The zero-order valence-electron chi connectivity index (χ0n) is 19.4. The second kappa shape index (κ2) is 12.1. The van der Waals surface area contributed by atoms with E-state index in [1.807, 2.05) is 13.8 Å². The molecule has 0 aliphatic carbocycles. The van der Waals surface area contributed by atoms with Crippen LogP contribution >= 0.6 is 34.8 Å². The van der Waals surface area contributed by atoms with E-state index in [1.165, 1.54) is 23.1 Å². The highest BCUT2D eigenvalue weighted by molar-refractivity contribution is 7.92. The molecule has 186 valence electrons. The Bertz CT molecular complexity index is 1120. The minimum Gasteiger partial charge on any atom is -0.352 e. The Morgan fingerprint density at radius 3 is 2.09 bits per heavy atom. The van der Waals surface area contributed by atoms with Crippen molar-refractivity contribution in [3.05, 3.63) is 63.1 Å². The molecule has 1 atom stereocenters. The molecule has 0 radical (unpaired) electrons. The van der Waals surface area contributed by atoms with Gasteiger partial charge in [-0.25, -0.2) is 8.42 Å². The summed E-state index contributed by atoms with van der Waals surface area (Å²) in [6, 6.07) is 10.3. The summed E-state index contributed by atoms with van der Waals surface area (Å²) in [5.74, 6) is -0.882. The number of carbonyl (C=O) groups is 2. The summed E-state index contributed by atoms with van der Waals surface area (Å²) >= 11 is 18.2. The van der Waals surface area contributed by atoms with Crippen LogP contribution in [0.15, 0.2) is 42.5 Å². The van der Waals surface area contributed by atoms with Crippen LogP contribution in [-0.2, 0) is 26.2 Å². The fourth-order valence-electron chi connectivity index (χ4n) is 3.37. The second-order valence-electron chi connectivity index (χ2n) is 8.10. The highest BCUT2D eigenvalue weighted by Crippen LogP contribution is 2.30. The minimum absolute atomic E-state index is 0.0829. The largest absolute Gasteiger partial charge is 0.352 e. The van der Waals surface area contributed by atoms with Gasteiger partial charge in [-0.05, 0) is 56.2 Å². The van der Waals surface area contributed by atoms with E-state index in [0.29, 0.717) is 16.5 Å². The van der Waals surface area contributed by atoms with E-state index in [0.717, 1.165) is 16.1 Å². The minimum atomic E-state index is -3.89. The maximum atomic E-state index is 13.6. The van der Waals surface area contributed by atoms with Crippen LogP contribution in [0.4, 0.5) is 5.69 Å². The summed E-state index contributed by atoms with van der Waals surface area (Å²) in [6.07, 6.45) is 1.32. The molecule has 2 rings (SSSR count). The van der Waals surface area contributed by atoms with E-state index in [4.69, 9.17) is 34.8 Å². The van der Waals surface area contributed by atoms with E-state index >= 15 is 0 Å². The Labute approximate surface area is 216 Å². The van der Waals surface area contributed by atoms with Crippen molar-refractivity contribution in [1.29, 1.82) is 0 Å². The van der Waals surface area contributed by atoms with Crippen molar-refractivity contribution in [2.24, 2.45) is 0 Å². The van der Waals surface area contributed by atoms with Gasteiger partial charge in [0.2, 0.25) is 21.8 Å². The first-order valence-electron chi connectivity index (χ1n) is 10.6. The van der Waals surface area contributed by atoms with Gasteiger partial charge >= 0.3 is 0 Å². The second-order valence-corrected chi connectivity index (χ2v) is 11.3. The highest BCUT2D eigenvalue weighted by atomic mass is 35.5. The molecule has 2 aromatic carbocycles. The van der Waals surface area contributed by atoms with Gasteiger partial charge in [0.25, 0.3) is 0 Å². The zero-order valence-corrected chi connectivity index (χ0v) is 22.5. The van der Waals surface area contributed by atoms with E-state index in [2.05, 4.69) is 5.32 Å². The molecule has 0 heterocycles. The molecule has 0 bridgehead atoms.